The minimum absolute atomic E-state index is 0.0772. The van der Waals surface area contributed by atoms with Crippen LogP contribution in [-0.2, 0) is 20.3 Å². The number of aromatic nitrogens is 1. The molecule has 0 saturated carbocycles. The zero-order chi connectivity index (χ0) is 23.4. The summed E-state index contributed by atoms with van der Waals surface area (Å²) in [7, 11) is -2.07. The molecule has 33 heavy (non-hydrogen) atoms. The highest BCUT2D eigenvalue weighted by atomic mass is 32.2. The number of esters is 1. The molecular formula is C25H26N2O5S. The highest BCUT2D eigenvalue weighted by Gasteiger charge is 2.27. The van der Waals surface area contributed by atoms with Gasteiger partial charge in [0.25, 0.3) is 5.91 Å². The van der Waals surface area contributed by atoms with Crippen LogP contribution >= 0.6 is 0 Å². The Morgan fingerprint density at radius 2 is 1.61 bits per heavy atom. The van der Waals surface area contributed by atoms with Crippen molar-refractivity contribution >= 4 is 21.7 Å². The number of methoxy groups -OCH3 is 1. The topological polar surface area (TPSA) is 85.7 Å². The van der Waals surface area contributed by atoms with E-state index in [1.54, 1.807) is 65.6 Å². The fourth-order valence-electron chi connectivity index (χ4n) is 4.19. The fourth-order valence-corrected chi connectivity index (χ4v) is 5.56. The first kappa shape index (κ1) is 22.8. The van der Waals surface area contributed by atoms with Crippen molar-refractivity contribution in [2.24, 2.45) is 0 Å². The van der Waals surface area contributed by atoms with Gasteiger partial charge in [-0.05, 0) is 54.8 Å². The minimum atomic E-state index is -3.44. The average Bonchev–Trinajstić information content (AvgIpc) is 3.34. The monoisotopic (exact) mass is 466 g/mol. The lowest BCUT2D eigenvalue weighted by Crippen LogP contribution is -2.39. The molecule has 0 bridgehead atoms. The van der Waals surface area contributed by atoms with E-state index < -0.39 is 9.84 Å². The van der Waals surface area contributed by atoms with Crippen molar-refractivity contribution in [1.82, 2.24) is 9.47 Å². The number of piperidine rings is 1. The van der Waals surface area contributed by atoms with E-state index in [2.05, 4.69) is 0 Å². The second-order valence-corrected chi connectivity index (χ2v) is 10.1. The standard InChI is InChI=1S/C25H26N2O5S/c1-32-25(29)23-8-5-15-27(23)21-13-16-26(17-14-21)24(28)20-11-9-19(10-12-20)18-33(30,31)22-6-3-2-4-7-22/h2-12,15,21H,13-14,16-18H2,1H3. The number of carbonyl (C=O) groups is 2. The molecule has 0 aliphatic carbocycles. The Kier molecular flexibility index (Phi) is 6.65. The molecule has 0 atom stereocenters. The van der Waals surface area contributed by atoms with Crippen molar-refractivity contribution in [3.8, 4) is 0 Å². The van der Waals surface area contributed by atoms with Gasteiger partial charge in [-0.2, -0.15) is 0 Å². The minimum Gasteiger partial charge on any atom is -0.464 e. The van der Waals surface area contributed by atoms with E-state index in [-0.39, 0.29) is 28.6 Å². The Morgan fingerprint density at radius 3 is 2.24 bits per heavy atom. The average molecular weight is 467 g/mol. The summed E-state index contributed by atoms with van der Waals surface area (Å²) in [6, 6.07) is 18.8. The van der Waals surface area contributed by atoms with Crippen LogP contribution in [0.3, 0.4) is 0 Å². The predicted octanol–water partition coefficient (Wildman–Crippen LogP) is 3.73. The predicted molar refractivity (Wildman–Crippen MR) is 124 cm³/mol. The summed E-state index contributed by atoms with van der Waals surface area (Å²) in [6.45, 7) is 1.15. The number of carbonyl (C=O) groups excluding carboxylic acids is 2. The van der Waals surface area contributed by atoms with Gasteiger partial charge in [0.2, 0.25) is 0 Å². The Bertz CT molecular complexity index is 1230. The quantitative estimate of drug-likeness (QED) is 0.517. The van der Waals surface area contributed by atoms with Gasteiger partial charge in [0.15, 0.2) is 9.84 Å². The normalized spacial score (nSPS) is 14.8. The van der Waals surface area contributed by atoms with Gasteiger partial charge in [-0.15, -0.1) is 0 Å². The number of hydrogen-bond donors (Lipinski definition) is 0. The van der Waals surface area contributed by atoms with Crippen molar-refractivity contribution in [2.45, 2.75) is 29.5 Å². The largest absolute Gasteiger partial charge is 0.464 e. The molecule has 4 rings (SSSR count). The van der Waals surface area contributed by atoms with Gasteiger partial charge in [0.05, 0.1) is 17.8 Å². The summed E-state index contributed by atoms with van der Waals surface area (Å²) in [5.41, 5.74) is 1.69. The first-order chi connectivity index (χ1) is 15.9. The zero-order valence-electron chi connectivity index (χ0n) is 18.4. The second-order valence-electron chi connectivity index (χ2n) is 8.08. The lowest BCUT2D eigenvalue weighted by atomic mass is 10.0. The highest BCUT2D eigenvalue weighted by Crippen LogP contribution is 2.26. The van der Waals surface area contributed by atoms with E-state index in [1.807, 2.05) is 16.8 Å². The van der Waals surface area contributed by atoms with Crippen LogP contribution < -0.4 is 0 Å². The number of sulfone groups is 1. The number of ether oxygens (including phenoxy) is 1. The molecule has 1 aliphatic heterocycles. The first-order valence-corrected chi connectivity index (χ1v) is 12.5. The van der Waals surface area contributed by atoms with Crippen molar-refractivity contribution < 1.29 is 22.7 Å². The Morgan fingerprint density at radius 1 is 0.939 bits per heavy atom. The van der Waals surface area contributed by atoms with Gasteiger partial charge in [0.1, 0.15) is 5.69 Å². The van der Waals surface area contributed by atoms with Gasteiger partial charge < -0.3 is 14.2 Å². The smallest absolute Gasteiger partial charge is 0.354 e. The lowest BCUT2D eigenvalue weighted by Gasteiger charge is -2.33. The van der Waals surface area contributed by atoms with E-state index in [9.17, 15) is 18.0 Å². The molecule has 0 radical (unpaired) electrons. The summed E-state index contributed by atoms with van der Waals surface area (Å²) < 4.78 is 31.9. The van der Waals surface area contributed by atoms with E-state index in [4.69, 9.17) is 4.74 Å². The molecule has 1 fully saturated rings. The van der Waals surface area contributed by atoms with Crippen LogP contribution in [0.4, 0.5) is 0 Å². The van der Waals surface area contributed by atoms with Crippen LogP contribution in [0, 0.1) is 0 Å². The first-order valence-electron chi connectivity index (χ1n) is 10.8. The van der Waals surface area contributed by atoms with Gasteiger partial charge in [0, 0.05) is 30.9 Å². The summed E-state index contributed by atoms with van der Waals surface area (Å²) in [6.07, 6.45) is 3.34. The number of rotatable bonds is 6. The molecular weight excluding hydrogens is 440 g/mol. The Hall–Kier alpha value is -3.39. The molecule has 0 spiro atoms. The zero-order valence-corrected chi connectivity index (χ0v) is 19.2. The number of nitrogens with zero attached hydrogens (tertiary/aromatic N) is 2. The second kappa shape index (κ2) is 9.62. The van der Waals surface area contributed by atoms with E-state index in [1.165, 1.54) is 7.11 Å². The molecule has 8 heteroatoms. The van der Waals surface area contributed by atoms with Crippen LogP contribution in [0.25, 0.3) is 0 Å². The molecule has 1 saturated heterocycles. The molecule has 1 aromatic heterocycles. The van der Waals surface area contributed by atoms with Crippen molar-refractivity contribution in [2.75, 3.05) is 20.2 Å². The molecule has 1 amide bonds. The molecule has 3 aromatic rings. The van der Waals surface area contributed by atoms with Crippen molar-refractivity contribution in [3.63, 3.8) is 0 Å². The number of hydrogen-bond acceptors (Lipinski definition) is 5. The number of likely N-dealkylation sites (tertiary alicyclic amines) is 1. The third-order valence-corrected chi connectivity index (χ3v) is 7.68. The molecule has 2 heterocycles. The van der Waals surface area contributed by atoms with Gasteiger partial charge >= 0.3 is 5.97 Å². The number of benzene rings is 2. The summed E-state index contributed by atoms with van der Waals surface area (Å²) in [4.78, 5) is 27.0. The third kappa shape index (κ3) is 5.01. The molecule has 1 aliphatic rings. The van der Waals surface area contributed by atoms with Crippen LogP contribution in [0.15, 0.2) is 77.8 Å². The van der Waals surface area contributed by atoms with Crippen LogP contribution in [-0.4, -0.2) is 50.0 Å². The SMILES string of the molecule is COC(=O)c1cccn1C1CCN(C(=O)c2ccc(CS(=O)(=O)c3ccccc3)cc2)CC1. The van der Waals surface area contributed by atoms with Gasteiger partial charge in [-0.3, -0.25) is 4.79 Å². The maximum absolute atomic E-state index is 13.0. The molecule has 0 N–H and O–H groups in total. The van der Waals surface area contributed by atoms with Crippen molar-refractivity contribution in [1.29, 1.82) is 0 Å². The molecule has 7 nitrogen and oxygen atoms in total. The molecule has 172 valence electrons. The van der Waals surface area contributed by atoms with Crippen LogP contribution in [0.2, 0.25) is 0 Å². The van der Waals surface area contributed by atoms with Crippen LogP contribution in [0.1, 0.15) is 45.3 Å². The summed E-state index contributed by atoms with van der Waals surface area (Å²) >= 11 is 0. The van der Waals surface area contributed by atoms with E-state index in [0.717, 1.165) is 12.8 Å². The fraction of sp³-hybridized carbons (Fsp3) is 0.280. The molecule has 0 unspecified atom stereocenters. The lowest BCUT2D eigenvalue weighted by molar-refractivity contribution is 0.0573. The highest BCUT2D eigenvalue weighted by molar-refractivity contribution is 7.90. The summed E-state index contributed by atoms with van der Waals surface area (Å²) in [5.74, 6) is -0.560. The summed E-state index contributed by atoms with van der Waals surface area (Å²) in [5, 5.41) is 0. The Balaban J connectivity index is 1.38. The number of amides is 1. The molecule has 2 aromatic carbocycles. The Labute approximate surface area is 193 Å². The maximum Gasteiger partial charge on any atom is 0.354 e. The third-order valence-electron chi connectivity index (χ3n) is 5.98. The van der Waals surface area contributed by atoms with Gasteiger partial charge in [-0.25, -0.2) is 13.2 Å². The van der Waals surface area contributed by atoms with Crippen molar-refractivity contribution in [3.05, 3.63) is 89.7 Å². The maximum atomic E-state index is 13.0. The van der Waals surface area contributed by atoms with E-state index >= 15 is 0 Å². The van der Waals surface area contributed by atoms with Gasteiger partial charge in [-0.1, -0.05) is 30.3 Å². The van der Waals surface area contributed by atoms with E-state index in [0.29, 0.717) is 29.9 Å². The van der Waals surface area contributed by atoms with Crippen LogP contribution in [0.5, 0.6) is 0 Å².